The van der Waals surface area contributed by atoms with Crippen LogP contribution in [0.4, 0.5) is 16.2 Å². The summed E-state index contributed by atoms with van der Waals surface area (Å²) in [6, 6.07) is 12.3. The van der Waals surface area contributed by atoms with Crippen molar-refractivity contribution < 1.29 is 19.4 Å². The smallest absolute Gasteiger partial charge is 0.407 e. The molecule has 0 bridgehead atoms. The molecular weight excluding hydrogens is 550 g/mol. The third-order valence-corrected chi connectivity index (χ3v) is 9.61. The van der Waals surface area contributed by atoms with Gasteiger partial charge in [-0.2, -0.15) is 0 Å². The molecule has 2 aliphatic heterocycles. The van der Waals surface area contributed by atoms with Crippen LogP contribution in [0.3, 0.4) is 0 Å². The van der Waals surface area contributed by atoms with Crippen molar-refractivity contribution in [2.45, 2.75) is 46.7 Å². The number of methoxy groups -OCH3 is 1. The monoisotopic (exact) mass is 587 g/mol. The minimum atomic E-state index is -0.875. The molecule has 10 heteroatoms. The van der Waals surface area contributed by atoms with E-state index in [0.717, 1.165) is 54.9 Å². The fourth-order valence-electron chi connectivity index (χ4n) is 6.21. The van der Waals surface area contributed by atoms with Gasteiger partial charge in [0.2, 0.25) is 0 Å². The molecule has 0 saturated carbocycles. The second kappa shape index (κ2) is 10.3. The van der Waals surface area contributed by atoms with Crippen molar-refractivity contribution in [3.63, 3.8) is 0 Å². The first-order valence-electron chi connectivity index (χ1n) is 14.3. The highest BCUT2D eigenvalue weighted by Crippen LogP contribution is 2.42. The van der Waals surface area contributed by atoms with E-state index >= 15 is 0 Å². The van der Waals surface area contributed by atoms with Gasteiger partial charge >= 0.3 is 6.09 Å². The van der Waals surface area contributed by atoms with Crippen molar-refractivity contribution in [3.05, 3.63) is 46.8 Å². The quantitative estimate of drug-likeness (QED) is 0.262. The Balaban J connectivity index is 1.38. The highest BCUT2D eigenvalue weighted by Gasteiger charge is 2.38. The number of amides is 2. The summed E-state index contributed by atoms with van der Waals surface area (Å²) in [5.41, 5.74) is 5.37. The van der Waals surface area contributed by atoms with Crippen LogP contribution in [0.25, 0.3) is 32.2 Å². The molecule has 4 heterocycles. The van der Waals surface area contributed by atoms with Crippen LogP contribution in [-0.2, 0) is 0 Å². The first kappa shape index (κ1) is 28.1. The van der Waals surface area contributed by atoms with Crippen LogP contribution in [0.1, 0.15) is 42.9 Å². The van der Waals surface area contributed by atoms with Gasteiger partial charge in [0, 0.05) is 53.3 Å². The van der Waals surface area contributed by atoms with E-state index < -0.39 is 6.09 Å². The average molecular weight is 588 g/mol. The number of anilines is 2. The van der Waals surface area contributed by atoms with Crippen molar-refractivity contribution in [2.24, 2.45) is 5.41 Å². The van der Waals surface area contributed by atoms with E-state index in [9.17, 15) is 14.7 Å². The number of nitrogens with one attached hydrogen (secondary N) is 2. The Labute approximate surface area is 249 Å². The van der Waals surface area contributed by atoms with Crippen molar-refractivity contribution >= 4 is 55.7 Å². The van der Waals surface area contributed by atoms with Crippen LogP contribution in [-0.4, -0.2) is 72.4 Å². The molecule has 220 valence electrons. The summed E-state index contributed by atoms with van der Waals surface area (Å²) >= 11 is 1.51. The number of benzene rings is 2. The largest absolute Gasteiger partial charge is 0.495 e. The van der Waals surface area contributed by atoms with E-state index in [-0.39, 0.29) is 23.4 Å². The number of carbonyl (C=O) groups excluding carboxylic acids is 1. The second-order valence-corrected chi connectivity index (χ2v) is 13.5. The number of aromatic nitrogens is 1. The number of hydrogen-bond acceptors (Lipinski definition) is 7. The molecule has 0 aliphatic carbocycles. The van der Waals surface area contributed by atoms with Crippen molar-refractivity contribution in [1.29, 1.82) is 0 Å². The third-order valence-electron chi connectivity index (χ3n) is 8.46. The van der Waals surface area contributed by atoms with Gasteiger partial charge in [-0.3, -0.25) is 4.79 Å². The molecule has 4 aromatic rings. The number of hydrogen-bond donors (Lipinski definition) is 3. The first-order chi connectivity index (χ1) is 20.0. The number of rotatable bonds is 3. The highest BCUT2D eigenvalue weighted by atomic mass is 32.1. The standard InChI is InChI=1S/C32H37N5O4S/c1-17-13-23(36-11-12-37(31(39)40)26(16-36)32(3,4)5)24(41-6)14-20(17)22-8-7-19-21(35-22)9-10-25-27(19)28-29(42-25)30(38)34-18(2)15-33-28/h7-10,13-14,18,26,33H,11-12,15-16H2,1-6H3,(H,34,38)(H,39,40)/t18-,26+/m1/s1. The molecule has 0 radical (unpaired) electrons. The molecule has 1 saturated heterocycles. The lowest BCUT2D eigenvalue weighted by atomic mass is 9.84. The van der Waals surface area contributed by atoms with Crippen molar-refractivity contribution in [1.82, 2.24) is 15.2 Å². The molecular formula is C32H37N5O4S. The number of nitrogens with zero attached hydrogens (tertiary/aromatic N) is 3. The van der Waals surface area contributed by atoms with Crippen LogP contribution < -0.4 is 20.3 Å². The molecule has 2 amide bonds. The SMILES string of the molecule is COc1cc(-c2ccc3c(ccc4sc5c(c43)NC[C@@H](C)NC5=O)n2)c(C)cc1N1CCN(C(=O)O)[C@H](C(C)(C)C)C1. The molecule has 1 fully saturated rings. The number of pyridine rings is 1. The summed E-state index contributed by atoms with van der Waals surface area (Å²) in [5.74, 6) is 0.694. The van der Waals surface area contributed by atoms with E-state index in [0.29, 0.717) is 31.1 Å². The Morgan fingerprint density at radius 1 is 1.17 bits per heavy atom. The van der Waals surface area contributed by atoms with E-state index in [4.69, 9.17) is 9.72 Å². The molecule has 9 nitrogen and oxygen atoms in total. The van der Waals surface area contributed by atoms with Crippen molar-refractivity contribution in [3.8, 4) is 17.0 Å². The average Bonchev–Trinajstić information content (AvgIpc) is 3.27. The van der Waals surface area contributed by atoms with Gasteiger partial charge in [0.25, 0.3) is 5.91 Å². The third kappa shape index (κ3) is 4.77. The van der Waals surface area contributed by atoms with E-state index in [2.05, 4.69) is 55.4 Å². The van der Waals surface area contributed by atoms with Gasteiger partial charge < -0.3 is 30.3 Å². The summed E-state index contributed by atoms with van der Waals surface area (Å²) in [6.07, 6.45) is -0.875. The Morgan fingerprint density at radius 2 is 1.95 bits per heavy atom. The molecule has 2 aromatic heterocycles. The molecule has 2 atom stereocenters. The zero-order valence-corrected chi connectivity index (χ0v) is 25.7. The maximum atomic E-state index is 12.8. The summed E-state index contributed by atoms with van der Waals surface area (Å²) in [7, 11) is 1.67. The maximum absolute atomic E-state index is 12.8. The number of ether oxygens (including phenoxy) is 1. The lowest BCUT2D eigenvalue weighted by Crippen LogP contribution is -2.59. The van der Waals surface area contributed by atoms with Gasteiger partial charge in [0.05, 0.1) is 35.7 Å². The zero-order chi connectivity index (χ0) is 29.9. The molecule has 3 N–H and O–H groups in total. The van der Waals surface area contributed by atoms with Crippen LogP contribution >= 0.6 is 11.3 Å². The number of thiophene rings is 1. The predicted octanol–water partition coefficient (Wildman–Crippen LogP) is 6.19. The minimum absolute atomic E-state index is 0.0394. The summed E-state index contributed by atoms with van der Waals surface area (Å²) in [4.78, 5) is 34.3. The summed E-state index contributed by atoms with van der Waals surface area (Å²) in [6.45, 7) is 12.6. The Morgan fingerprint density at radius 3 is 2.67 bits per heavy atom. The van der Waals surface area contributed by atoms with Gasteiger partial charge in [-0.05, 0) is 61.2 Å². The highest BCUT2D eigenvalue weighted by molar-refractivity contribution is 7.21. The van der Waals surface area contributed by atoms with Crippen LogP contribution in [0.15, 0.2) is 36.4 Å². The molecule has 42 heavy (non-hydrogen) atoms. The molecule has 6 rings (SSSR count). The molecule has 2 aromatic carbocycles. The number of carbonyl (C=O) groups is 2. The zero-order valence-electron chi connectivity index (χ0n) is 24.9. The molecule has 0 unspecified atom stereocenters. The first-order valence-corrected chi connectivity index (χ1v) is 15.1. The summed E-state index contributed by atoms with van der Waals surface area (Å²) < 4.78 is 6.95. The summed E-state index contributed by atoms with van der Waals surface area (Å²) in [5, 5.41) is 18.4. The van der Waals surface area contributed by atoms with Gasteiger partial charge in [0.15, 0.2) is 0 Å². The minimum Gasteiger partial charge on any atom is -0.495 e. The predicted molar refractivity (Wildman–Crippen MR) is 169 cm³/mol. The van der Waals surface area contributed by atoms with Crippen LogP contribution in [0.2, 0.25) is 0 Å². The lowest BCUT2D eigenvalue weighted by Gasteiger charge is -2.47. The second-order valence-electron chi connectivity index (χ2n) is 12.4. The van der Waals surface area contributed by atoms with Gasteiger partial charge in [0.1, 0.15) is 10.6 Å². The fourth-order valence-corrected chi connectivity index (χ4v) is 7.30. The van der Waals surface area contributed by atoms with Crippen LogP contribution in [0.5, 0.6) is 5.75 Å². The van der Waals surface area contributed by atoms with Gasteiger partial charge in [-0.15, -0.1) is 11.3 Å². The number of carboxylic acid groups (broad SMARTS) is 1. The molecule has 0 spiro atoms. The number of fused-ring (bicyclic) bond motifs is 5. The van der Waals surface area contributed by atoms with Gasteiger partial charge in [-0.1, -0.05) is 20.8 Å². The maximum Gasteiger partial charge on any atom is 0.407 e. The number of aryl methyl sites for hydroxylation is 1. The van der Waals surface area contributed by atoms with Crippen molar-refractivity contribution in [2.75, 3.05) is 43.5 Å². The Hall–Kier alpha value is -4.05. The topological polar surface area (TPSA) is 107 Å². The molecule has 2 aliphatic rings. The van der Waals surface area contributed by atoms with Crippen LogP contribution in [0, 0.1) is 12.3 Å². The van der Waals surface area contributed by atoms with E-state index in [1.165, 1.54) is 11.3 Å². The van der Waals surface area contributed by atoms with Gasteiger partial charge in [-0.25, -0.2) is 9.78 Å². The van der Waals surface area contributed by atoms with E-state index in [1.54, 1.807) is 12.0 Å². The fraction of sp³-hybridized carbons (Fsp3) is 0.406. The Kier molecular flexibility index (Phi) is 6.92. The Bertz CT molecular complexity index is 1730. The normalized spacial score (nSPS) is 19.3. The lowest BCUT2D eigenvalue weighted by molar-refractivity contribution is 0.0747. The van der Waals surface area contributed by atoms with E-state index in [1.807, 2.05) is 31.2 Å². The number of piperazine rings is 1.